The Labute approximate surface area is 125 Å². The molecule has 0 saturated heterocycles. The van der Waals surface area contributed by atoms with E-state index in [0.717, 1.165) is 18.8 Å². The first kappa shape index (κ1) is 13.8. The molecule has 21 heavy (non-hydrogen) atoms. The Hall–Kier alpha value is -2.13. The molecule has 0 spiro atoms. The summed E-state index contributed by atoms with van der Waals surface area (Å²) in [6, 6.07) is 17.4. The Morgan fingerprint density at radius 1 is 1.10 bits per heavy atom. The lowest BCUT2D eigenvalue weighted by Gasteiger charge is -2.20. The normalized spacial score (nSPS) is 12.7. The quantitative estimate of drug-likeness (QED) is 0.772. The number of likely N-dealkylation sites (N-methyl/N-ethyl adjacent to an activating group) is 1. The number of hydrogen-bond donors (Lipinski definition) is 1. The van der Waals surface area contributed by atoms with Crippen LogP contribution in [0.1, 0.15) is 24.2 Å². The fourth-order valence-corrected chi connectivity index (χ4v) is 2.83. The summed E-state index contributed by atoms with van der Waals surface area (Å²) >= 11 is 0. The molecular weight excluding hydrogens is 258 g/mol. The molecular formula is C18H21N3. The van der Waals surface area contributed by atoms with Crippen LogP contribution in [0, 0.1) is 6.92 Å². The summed E-state index contributed by atoms with van der Waals surface area (Å²) in [5.41, 5.74) is 2.39. The maximum absolute atomic E-state index is 4.51. The molecule has 0 aliphatic rings. The average molecular weight is 279 g/mol. The van der Waals surface area contributed by atoms with Crippen LogP contribution in [0.5, 0.6) is 0 Å². The Morgan fingerprint density at radius 3 is 2.67 bits per heavy atom. The minimum atomic E-state index is 0.264. The zero-order valence-corrected chi connectivity index (χ0v) is 12.6. The fourth-order valence-electron chi connectivity index (χ4n) is 2.83. The van der Waals surface area contributed by atoms with Crippen LogP contribution in [0.2, 0.25) is 0 Å². The minimum Gasteiger partial charge on any atom is -0.309 e. The third kappa shape index (κ3) is 2.98. The van der Waals surface area contributed by atoms with Crippen molar-refractivity contribution in [3.63, 3.8) is 0 Å². The van der Waals surface area contributed by atoms with Crippen LogP contribution in [0.25, 0.3) is 10.8 Å². The molecule has 3 nitrogen and oxygen atoms in total. The van der Waals surface area contributed by atoms with Gasteiger partial charge in [-0.2, -0.15) is 5.10 Å². The number of benzene rings is 2. The molecule has 0 fully saturated rings. The van der Waals surface area contributed by atoms with Crippen molar-refractivity contribution in [1.82, 2.24) is 15.1 Å². The highest BCUT2D eigenvalue weighted by Gasteiger charge is 2.14. The van der Waals surface area contributed by atoms with Crippen molar-refractivity contribution in [2.45, 2.75) is 26.4 Å². The third-order valence-corrected chi connectivity index (χ3v) is 3.79. The average Bonchev–Trinajstić information content (AvgIpc) is 2.91. The predicted octanol–water partition coefficient (Wildman–Crippen LogP) is 3.70. The summed E-state index contributed by atoms with van der Waals surface area (Å²) in [4.78, 5) is 0. The van der Waals surface area contributed by atoms with E-state index in [1.54, 1.807) is 0 Å². The summed E-state index contributed by atoms with van der Waals surface area (Å²) in [5, 5.41) is 10.7. The van der Waals surface area contributed by atoms with Crippen LogP contribution in [0.3, 0.4) is 0 Å². The van der Waals surface area contributed by atoms with Gasteiger partial charge in [-0.25, -0.2) is 0 Å². The molecule has 1 N–H and O–H groups in total. The maximum Gasteiger partial charge on any atom is 0.0604 e. The van der Waals surface area contributed by atoms with Gasteiger partial charge in [-0.1, -0.05) is 49.4 Å². The van der Waals surface area contributed by atoms with Crippen LogP contribution in [0.15, 0.2) is 54.7 Å². The van der Waals surface area contributed by atoms with E-state index >= 15 is 0 Å². The van der Waals surface area contributed by atoms with E-state index < -0.39 is 0 Å². The molecule has 0 radical (unpaired) electrons. The van der Waals surface area contributed by atoms with E-state index in [2.05, 4.69) is 59.8 Å². The second kappa shape index (κ2) is 6.10. The number of rotatable bonds is 5. The molecule has 0 bridgehead atoms. The Kier molecular flexibility index (Phi) is 4.02. The highest BCUT2D eigenvalue weighted by molar-refractivity contribution is 5.86. The highest BCUT2D eigenvalue weighted by Crippen LogP contribution is 2.25. The van der Waals surface area contributed by atoms with Crippen LogP contribution < -0.4 is 5.32 Å². The van der Waals surface area contributed by atoms with Crippen LogP contribution in [-0.2, 0) is 6.54 Å². The fraction of sp³-hybridized carbons (Fsp3) is 0.278. The van der Waals surface area contributed by atoms with E-state index in [4.69, 9.17) is 0 Å². The van der Waals surface area contributed by atoms with E-state index in [0.29, 0.717) is 0 Å². The highest BCUT2D eigenvalue weighted by atomic mass is 15.3. The molecule has 1 aromatic heterocycles. The van der Waals surface area contributed by atoms with Crippen molar-refractivity contribution in [3.05, 3.63) is 66.0 Å². The van der Waals surface area contributed by atoms with Gasteiger partial charge in [-0.3, -0.25) is 4.68 Å². The number of fused-ring (bicyclic) bond motifs is 1. The van der Waals surface area contributed by atoms with E-state index in [-0.39, 0.29) is 6.04 Å². The third-order valence-electron chi connectivity index (χ3n) is 3.79. The van der Waals surface area contributed by atoms with Crippen molar-refractivity contribution in [2.24, 2.45) is 0 Å². The second-order valence-corrected chi connectivity index (χ2v) is 5.36. The monoisotopic (exact) mass is 279 g/mol. The van der Waals surface area contributed by atoms with Gasteiger partial charge < -0.3 is 5.32 Å². The predicted molar refractivity (Wildman–Crippen MR) is 87.3 cm³/mol. The molecule has 3 rings (SSSR count). The molecule has 1 heterocycles. The van der Waals surface area contributed by atoms with Crippen LogP contribution in [0.4, 0.5) is 0 Å². The smallest absolute Gasteiger partial charge is 0.0604 e. The first-order chi connectivity index (χ1) is 10.3. The van der Waals surface area contributed by atoms with Gasteiger partial charge >= 0.3 is 0 Å². The molecule has 0 amide bonds. The summed E-state index contributed by atoms with van der Waals surface area (Å²) in [6.45, 7) is 5.95. The molecule has 0 saturated carbocycles. The van der Waals surface area contributed by atoms with E-state index in [1.165, 1.54) is 16.3 Å². The zero-order chi connectivity index (χ0) is 14.7. The molecule has 1 atom stereocenters. The topological polar surface area (TPSA) is 29.9 Å². The molecule has 0 aliphatic heterocycles. The van der Waals surface area contributed by atoms with Crippen molar-refractivity contribution in [2.75, 3.05) is 6.54 Å². The number of hydrogen-bond acceptors (Lipinski definition) is 2. The number of nitrogens with zero attached hydrogens (tertiary/aromatic N) is 2. The lowest BCUT2D eigenvalue weighted by atomic mass is 9.98. The van der Waals surface area contributed by atoms with Crippen molar-refractivity contribution < 1.29 is 0 Å². The molecule has 2 aromatic carbocycles. The van der Waals surface area contributed by atoms with Crippen molar-refractivity contribution >= 4 is 10.8 Å². The summed E-state index contributed by atoms with van der Waals surface area (Å²) in [6.07, 6.45) is 2.05. The van der Waals surface area contributed by atoms with Crippen molar-refractivity contribution in [1.29, 1.82) is 0 Å². The Bertz CT molecular complexity index is 725. The standard InChI is InChI=1S/C18H21N3/c1-3-19-18(13-21-12-11-14(2)20-21)17-10-6-8-15-7-4-5-9-16(15)17/h4-12,18-19H,3,13H2,1-2H3. The van der Waals surface area contributed by atoms with Gasteiger partial charge in [-0.05, 0) is 35.9 Å². The molecule has 0 aliphatic carbocycles. The van der Waals surface area contributed by atoms with Gasteiger partial charge in [0.1, 0.15) is 0 Å². The second-order valence-electron chi connectivity index (χ2n) is 5.36. The lowest BCUT2D eigenvalue weighted by molar-refractivity contribution is 0.449. The number of aromatic nitrogens is 2. The number of aryl methyl sites for hydroxylation is 1. The van der Waals surface area contributed by atoms with Crippen LogP contribution >= 0.6 is 0 Å². The zero-order valence-electron chi connectivity index (χ0n) is 12.6. The Balaban J connectivity index is 1.98. The van der Waals surface area contributed by atoms with Crippen molar-refractivity contribution in [3.8, 4) is 0 Å². The van der Waals surface area contributed by atoms with E-state index in [1.807, 2.05) is 23.9 Å². The van der Waals surface area contributed by atoms with Gasteiger partial charge in [0.05, 0.1) is 18.3 Å². The molecule has 3 heteroatoms. The largest absolute Gasteiger partial charge is 0.309 e. The summed E-state index contributed by atoms with van der Waals surface area (Å²) in [5.74, 6) is 0. The summed E-state index contributed by atoms with van der Waals surface area (Å²) in [7, 11) is 0. The molecule has 3 aromatic rings. The van der Waals surface area contributed by atoms with Gasteiger partial charge in [-0.15, -0.1) is 0 Å². The van der Waals surface area contributed by atoms with Gasteiger partial charge in [0, 0.05) is 6.20 Å². The van der Waals surface area contributed by atoms with Gasteiger partial charge in [0.15, 0.2) is 0 Å². The van der Waals surface area contributed by atoms with Crippen LogP contribution in [-0.4, -0.2) is 16.3 Å². The minimum absolute atomic E-state index is 0.264. The van der Waals surface area contributed by atoms with Gasteiger partial charge in [0.25, 0.3) is 0 Å². The molecule has 1 unspecified atom stereocenters. The Morgan fingerprint density at radius 2 is 1.90 bits per heavy atom. The SMILES string of the molecule is CCNC(Cn1ccc(C)n1)c1cccc2ccccc12. The summed E-state index contributed by atoms with van der Waals surface area (Å²) < 4.78 is 2.02. The molecule has 108 valence electrons. The first-order valence-corrected chi connectivity index (χ1v) is 7.49. The first-order valence-electron chi connectivity index (χ1n) is 7.49. The number of nitrogens with one attached hydrogen (secondary N) is 1. The maximum atomic E-state index is 4.51. The lowest BCUT2D eigenvalue weighted by Crippen LogP contribution is -2.25. The van der Waals surface area contributed by atoms with E-state index in [9.17, 15) is 0 Å². The van der Waals surface area contributed by atoms with Gasteiger partial charge in [0.2, 0.25) is 0 Å².